The molecule has 0 saturated carbocycles. The van der Waals surface area contributed by atoms with Crippen molar-refractivity contribution >= 4 is 5.91 Å². The summed E-state index contributed by atoms with van der Waals surface area (Å²) >= 11 is 0. The van der Waals surface area contributed by atoms with E-state index in [2.05, 4.69) is 12.2 Å². The SMILES string of the molecule is CCCCCCC(=O)N[C@@H](COC1OC(CO)C(O)C(O)C1O)[C@H](O)[C@H](O)CC. The van der Waals surface area contributed by atoms with Crippen LogP contribution in [0.2, 0.25) is 0 Å². The number of carbonyl (C=O) groups is 1. The van der Waals surface area contributed by atoms with Crippen molar-refractivity contribution in [2.75, 3.05) is 13.2 Å². The minimum Gasteiger partial charge on any atom is -0.394 e. The first-order chi connectivity index (χ1) is 13.8. The molecule has 7 N–H and O–H groups in total. The molecule has 10 nitrogen and oxygen atoms in total. The number of nitrogens with one attached hydrogen (secondary N) is 1. The molecule has 0 radical (unpaired) electrons. The van der Waals surface area contributed by atoms with E-state index in [1.54, 1.807) is 6.92 Å². The first-order valence-electron chi connectivity index (χ1n) is 10.3. The molecule has 8 atom stereocenters. The smallest absolute Gasteiger partial charge is 0.220 e. The Labute approximate surface area is 171 Å². The average Bonchev–Trinajstić information content (AvgIpc) is 2.72. The van der Waals surface area contributed by atoms with E-state index in [9.17, 15) is 35.4 Å². The quantitative estimate of drug-likeness (QED) is 0.172. The summed E-state index contributed by atoms with van der Waals surface area (Å²) in [5.74, 6) is -0.300. The molecular weight excluding hydrogens is 386 g/mol. The minimum atomic E-state index is -1.59. The second-order valence-electron chi connectivity index (χ2n) is 7.48. The van der Waals surface area contributed by atoms with Gasteiger partial charge in [-0.25, -0.2) is 0 Å². The van der Waals surface area contributed by atoms with E-state index in [-0.39, 0.29) is 25.4 Å². The van der Waals surface area contributed by atoms with Crippen LogP contribution in [0.15, 0.2) is 0 Å². The molecule has 5 unspecified atom stereocenters. The third-order valence-electron chi connectivity index (χ3n) is 5.12. The normalized spacial score (nSPS) is 30.6. The van der Waals surface area contributed by atoms with Crippen LogP contribution in [0.3, 0.4) is 0 Å². The van der Waals surface area contributed by atoms with Gasteiger partial charge in [-0.15, -0.1) is 0 Å². The fourth-order valence-corrected chi connectivity index (χ4v) is 3.13. The lowest BCUT2D eigenvalue weighted by Gasteiger charge is -2.40. The highest BCUT2D eigenvalue weighted by atomic mass is 16.7. The summed E-state index contributed by atoms with van der Waals surface area (Å²) in [6.45, 7) is 2.83. The van der Waals surface area contributed by atoms with Gasteiger partial charge >= 0.3 is 0 Å². The van der Waals surface area contributed by atoms with Crippen molar-refractivity contribution in [1.29, 1.82) is 0 Å². The molecule has 0 bridgehead atoms. The van der Waals surface area contributed by atoms with Crippen LogP contribution in [0, 0.1) is 0 Å². The molecular formula is C19H37NO9. The number of ether oxygens (including phenoxy) is 2. The Morgan fingerprint density at radius 2 is 1.76 bits per heavy atom. The number of aliphatic hydroxyl groups excluding tert-OH is 6. The van der Waals surface area contributed by atoms with Crippen molar-refractivity contribution in [3.8, 4) is 0 Å². The third kappa shape index (κ3) is 8.06. The van der Waals surface area contributed by atoms with Gasteiger partial charge in [-0.2, -0.15) is 0 Å². The fraction of sp³-hybridized carbons (Fsp3) is 0.947. The average molecular weight is 424 g/mol. The second-order valence-corrected chi connectivity index (χ2v) is 7.48. The van der Waals surface area contributed by atoms with Crippen LogP contribution >= 0.6 is 0 Å². The summed E-state index contributed by atoms with van der Waals surface area (Å²) in [6.07, 6.45) is -5.43. The Kier molecular flexibility index (Phi) is 12.1. The Morgan fingerprint density at radius 1 is 1.07 bits per heavy atom. The lowest BCUT2D eigenvalue weighted by Crippen LogP contribution is -2.60. The van der Waals surface area contributed by atoms with Crippen molar-refractivity contribution < 1.29 is 44.9 Å². The molecule has 172 valence electrons. The van der Waals surface area contributed by atoms with Crippen LogP contribution in [-0.2, 0) is 14.3 Å². The first-order valence-corrected chi connectivity index (χ1v) is 10.3. The maximum Gasteiger partial charge on any atom is 0.220 e. The van der Waals surface area contributed by atoms with Crippen molar-refractivity contribution in [3.63, 3.8) is 0 Å². The predicted octanol–water partition coefficient (Wildman–Crippen LogP) is -1.61. The topological polar surface area (TPSA) is 169 Å². The second kappa shape index (κ2) is 13.5. The molecule has 1 aliphatic heterocycles. The lowest BCUT2D eigenvalue weighted by atomic mass is 9.99. The van der Waals surface area contributed by atoms with Crippen LogP contribution in [-0.4, -0.2) is 98.7 Å². The number of amides is 1. The number of hydrogen-bond donors (Lipinski definition) is 7. The van der Waals surface area contributed by atoms with Gasteiger partial charge in [0.25, 0.3) is 0 Å². The Morgan fingerprint density at radius 3 is 2.34 bits per heavy atom. The largest absolute Gasteiger partial charge is 0.394 e. The van der Waals surface area contributed by atoms with Gasteiger partial charge in [-0.3, -0.25) is 4.79 Å². The summed E-state index contributed by atoms with van der Waals surface area (Å²) in [7, 11) is 0. The summed E-state index contributed by atoms with van der Waals surface area (Å²) in [6, 6.07) is -0.976. The number of rotatable bonds is 13. The Bertz CT molecular complexity index is 465. The van der Waals surface area contributed by atoms with Gasteiger partial charge in [0.2, 0.25) is 5.91 Å². The van der Waals surface area contributed by atoms with E-state index in [0.717, 1.165) is 19.3 Å². The van der Waals surface area contributed by atoms with E-state index >= 15 is 0 Å². The maximum atomic E-state index is 12.2. The highest BCUT2D eigenvalue weighted by Gasteiger charge is 2.44. The zero-order valence-electron chi connectivity index (χ0n) is 17.2. The molecule has 0 aromatic carbocycles. The van der Waals surface area contributed by atoms with E-state index in [4.69, 9.17) is 9.47 Å². The standard InChI is InChI=1S/C19H37NO9/c1-3-5-6-7-8-14(23)20-11(15(24)12(22)4-2)10-28-19-18(27)17(26)16(25)13(9-21)29-19/h11-13,15-19,21-22,24-27H,3-10H2,1-2H3,(H,20,23)/t11-,12+,13?,15-,16?,17?,18?,19?/m0/s1. The zero-order chi connectivity index (χ0) is 22.0. The van der Waals surface area contributed by atoms with E-state index in [1.165, 1.54) is 0 Å². The van der Waals surface area contributed by atoms with Crippen molar-refractivity contribution in [2.45, 2.75) is 101 Å². The predicted molar refractivity (Wildman–Crippen MR) is 103 cm³/mol. The van der Waals surface area contributed by atoms with Gasteiger partial charge in [0.15, 0.2) is 6.29 Å². The lowest BCUT2D eigenvalue weighted by molar-refractivity contribution is -0.303. The Hall–Kier alpha value is -0.850. The van der Waals surface area contributed by atoms with Crippen LogP contribution in [0.4, 0.5) is 0 Å². The molecule has 1 heterocycles. The van der Waals surface area contributed by atoms with Crippen LogP contribution in [0.5, 0.6) is 0 Å². The van der Waals surface area contributed by atoms with Crippen LogP contribution in [0.25, 0.3) is 0 Å². The van der Waals surface area contributed by atoms with E-state index in [1.807, 2.05) is 0 Å². The molecule has 0 aromatic heterocycles. The molecule has 29 heavy (non-hydrogen) atoms. The van der Waals surface area contributed by atoms with Gasteiger partial charge in [-0.1, -0.05) is 33.1 Å². The molecule has 0 aromatic rings. The highest BCUT2D eigenvalue weighted by Crippen LogP contribution is 2.22. The molecule has 1 saturated heterocycles. The summed E-state index contributed by atoms with van der Waals surface area (Å²) in [5, 5.41) is 61.8. The van der Waals surface area contributed by atoms with E-state index in [0.29, 0.717) is 6.42 Å². The number of aliphatic hydroxyl groups is 6. The maximum absolute atomic E-state index is 12.2. The van der Waals surface area contributed by atoms with Gasteiger partial charge in [0.1, 0.15) is 30.5 Å². The summed E-state index contributed by atoms with van der Waals surface area (Å²) in [4.78, 5) is 12.2. The van der Waals surface area contributed by atoms with Crippen molar-refractivity contribution in [2.24, 2.45) is 0 Å². The highest BCUT2D eigenvalue weighted by molar-refractivity contribution is 5.76. The zero-order valence-corrected chi connectivity index (χ0v) is 17.2. The monoisotopic (exact) mass is 423 g/mol. The number of carbonyl (C=O) groups excluding carboxylic acids is 1. The van der Waals surface area contributed by atoms with E-state index < -0.39 is 55.6 Å². The summed E-state index contributed by atoms with van der Waals surface area (Å²) < 4.78 is 10.7. The fourth-order valence-electron chi connectivity index (χ4n) is 3.13. The molecule has 0 spiro atoms. The molecule has 0 aliphatic carbocycles. The Balaban J connectivity index is 2.70. The van der Waals surface area contributed by atoms with Gasteiger partial charge in [0.05, 0.1) is 25.4 Å². The van der Waals surface area contributed by atoms with Crippen LogP contribution in [0.1, 0.15) is 52.4 Å². The van der Waals surface area contributed by atoms with Gasteiger partial charge in [-0.05, 0) is 12.8 Å². The van der Waals surface area contributed by atoms with Crippen molar-refractivity contribution in [1.82, 2.24) is 5.32 Å². The van der Waals surface area contributed by atoms with Gasteiger partial charge < -0.3 is 45.4 Å². The van der Waals surface area contributed by atoms with Gasteiger partial charge in [0, 0.05) is 6.42 Å². The molecule has 1 fully saturated rings. The first kappa shape index (κ1) is 26.2. The van der Waals surface area contributed by atoms with Crippen LogP contribution < -0.4 is 5.32 Å². The molecule has 1 amide bonds. The molecule has 1 rings (SSSR count). The van der Waals surface area contributed by atoms with Crippen molar-refractivity contribution in [3.05, 3.63) is 0 Å². The summed E-state index contributed by atoms with van der Waals surface area (Å²) in [5.41, 5.74) is 0. The third-order valence-corrected chi connectivity index (χ3v) is 5.12. The molecule has 1 aliphatic rings. The minimum absolute atomic E-state index is 0.254. The number of unbranched alkanes of at least 4 members (excludes halogenated alkanes) is 3. The number of hydrogen-bond acceptors (Lipinski definition) is 9. The molecule has 10 heteroatoms.